The summed E-state index contributed by atoms with van der Waals surface area (Å²) in [5.41, 5.74) is 0.984. The first-order valence-electron chi connectivity index (χ1n) is 10.2. The van der Waals surface area contributed by atoms with Gasteiger partial charge in [0.1, 0.15) is 5.75 Å². The number of carbonyl (C=O) groups is 2. The summed E-state index contributed by atoms with van der Waals surface area (Å²) in [5, 5.41) is 5.04. The Morgan fingerprint density at radius 2 is 1.83 bits per heavy atom. The third-order valence-corrected chi connectivity index (χ3v) is 5.31. The molecule has 0 aliphatic carbocycles. The van der Waals surface area contributed by atoms with Crippen LogP contribution in [-0.4, -0.2) is 76.8 Å². The number of carbonyl (C=O) groups excluding carboxylic acids is 2. The maximum atomic E-state index is 12.5. The first kappa shape index (κ1) is 21.8. The second-order valence-corrected chi connectivity index (χ2v) is 7.40. The molecule has 3 rings (SSSR count). The lowest BCUT2D eigenvalue weighted by atomic mass is 10.1. The van der Waals surface area contributed by atoms with Crippen LogP contribution in [0.3, 0.4) is 0 Å². The summed E-state index contributed by atoms with van der Waals surface area (Å²) in [6.45, 7) is 4.33. The van der Waals surface area contributed by atoms with Crippen LogP contribution in [0.5, 0.6) is 5.75 Å². The van der Waals surface area contributed by atoms with Crippen LogP contribution in [0.4, 0.5) is 0 Å². The van der Waals surface area contributed by atoms with Gasteiger partial charge in [-0.3, -0.25) is 9.59 Å². The van der Waals surface area contributed by atoms with Crippen LogP contribution >= 0.6 is 0 Å². The minimum absolute atomic E-state index is 0.00780. The van der Waals surface area contributed by atoms with E-state index >= 15 is 0 Å². The molecular formula is C23H30N3O4+. The number of hydrogen-bond donors (Lipinski definition) is 2. The SMILES string of the molecule is COCCNC(=O)C[NH+]1CCN(C(=O)/C=C/c2ccc3cc(OC)ccc3c2)CC1. The number of quaternary nitrogens is 1. The molecule has 2 N–H and O–H groups in total. The molecule has 1 aliphatic rings. The lowest BCUT2D eigenvalue weighted by Gasteiger charge is -2.31. The first-order chi connectivity index (χ1) is 14.6. The van der Waals surface area contributed by atoms with Crippen molar-refractivity contribution >= 4 is 28.7 Å². The second-order valence-electron chi connectivity index (χ2n) is 7.40. The smallest absolute Gasteiger partial charge is 0.275 e. The zero-order chi connectivity index (χ0) is 21.3. The predicted octanol–water partition coefficient (Wildman–Crippen LogP) is 0.351. The zero-order valence-electron chi connectivity index (χ0n) is 17.6. The summed E-state index contributed by atoms with van der Waals surface area (Å²) >= 11 is 0. The third kappa shape index (κ3) is 6.05. The molecule has 0 bridgehead atoms. The van der Waals surface area contributed by atoms with E-state index < -0.39 is 0 Å². The van der Waals surface area contributed by atoms with Gasteiger partial charge in [0.05, 0.1) is 39.9 Å². The fourth-order valence-corrected chi connectivity index (χ4v) is 3.55. The average molecular weight is 413 g/mol. The van der Waals surface area contributed by atoms with Gasteiger partial charge in [0.2, 0.25) is 5.91 Å². The van der Waals surface area contributed by atoms with E-state index in [2.05, 4.69) is 11.4 Å². The number of piperazine rings is 1. The summed E-state index contributed by atoms with van der Waals surface area (Å²) in [6, 6.07) is 12.0. The number of methoxy groups -OCH3 is 2. The Morgan fingerprint density at radius 3 is 2.57 bits per heavy atom. The summed E-state index contributed by atoms with van der Waals surface area (Å²) in [7, 11) is 3.27. The molecule has 1 saturated heterocycles. The van der Waals surface area contributed by atoms with E-state index in [9.17, 15) is 9.59 Å². The Hall–Kier alpha value is -2.90. The Labute approximate surface area is 177 Å². The highest BCUT2D eigenvalue weighted by Crippen LogP contribution is 2.22. The van der Waals surface area contributed by atoms with Crippen LogP contribution < -0.4 is 15.0 Å². The van der Waals surface area contributed by atoms with Gasteiger partial charge in [0.25, 0.3) is 5.91 Å². The van der Waals surface area contributed by atoms with Crippen molar-refractivity contribution in [2.24, 2.45) is 0 Å². The highest BCUT2D eigenvalue weighted by atomic mass is 16.5. The molecule has 2 aromatic carbocycles. The molecule has 7 heteroatoms. The maximum absolute atomic E-state index is 12.5. The normalized spacial score (nSPS) is 14.9. The molecule has 0 atom stereocenters. The topological polar surface area (TPSA) is 72.3 Å². The van der Waals surface area contributed by atoms with Gasteiger partial charge in [-0.2, -0.15) is 0 Å². The highest BCUT2D eigenvalue weighted by molar-refractivity contribution is 5.93. The minimum atomic E-state index is 0.00780. The van der Waals surface area contributed by atoms with Crippen LogP contribution in [0.25, 0.3) is 16.8 Å². The van der Waals surface area contributed by atoms with Crippen molar-refractivity contribution in [1.29, 1.82) is 0 Å². The monoisotopic (exact) mass is 412 g/mol. The summed E-state index contributed by atoms with van der Waals surface area (Å²) in [5.74, 6) is 0.860. The van der Waals surface area contributed by atoms with Crippen molar-refractivity contribution in [2.45, 2.75) is 0 Å². The third-order valence-electron chi connectivity index (χ3n) is 5.31. The molecule has 2 aromatic rings. The van der Waals surface area contributed by atoms with Gasteiger partial charge in [-0.15, -0.1) is 0 Å². The van der Waals surface area contributed by atoms with E-state index in [0.29, 0.717) is 32.8 Å². The molecule has 7 nitrogen and oxygen atoms in total. The van der Waals surface area contributed by atoms with Gasteiger partial charge in [-0.1, -0.05) is 18.2 Å². The summed E-state index contributed by atoms with van der Waals surface area (Å²) in [4.78, 5) is 27.5. The van der Waals surface area contributed by atoms with Gasteiger partial charge in [0, 0.05) is 19.7 Å². The molecule has 160 valence electrons. The Kier molecular flexibility index (Phi) is 7.82. The van der Waals surface area contributed by atoms with Crippen molar-refractivity contribution < 1.29 is 24.0 Å². The van der Waals surface area contributed by atoms with E-state index in [1.54, 1.807) is 20.3 Å². The summed E-state index contributed by atoms with van der Waals surface area (Å²) in [6.07, 6.45) is 3.49. The van der Waals surface area contributed by atoms with Crippen LogP contribution in [0.15, 0.2) is 42.5 Å². The van der Waals surface area contributed by atoms with Gasteiger partial charge in [0.15, 0.2) is 6.54 Å². The summed E-state index contributed by atoms with van der Waals surface area (Å²) < 4.78 is 10.2. The van der Waals surface area contributed by atoms with Crippen LogP contribution in [-0.2, 0) is 14.3 Å². The molecule has 0 saturated carbocycles. The minimum Gasteiger partial charge on any atom is -0.497 e. The van der Waals surface area contributed by atoms with Crippen LogP contribution in [0.2, 0.25) is 0 Å². The molecule has 0 spiro atoms. The van der Waals surface area contributed by atoms with Crippen LogP contribution in [0, 0.1) is 0 Å². The molecule has 2 amide bonds. The van der Waals surface area contributed by atoms with Crippen molar-refractivity contribution in [2.75, 3.05) is 60.1 Å². The molecule has 1 heterocycles. The van der Waals surface area contributed by atoms with E-state index in [1.165, 1.54) is 4.90 Å². The molecule has 0 aromatic heterocycles. The zero-order valence-corrected chi connectivity index (χ0v) is 17.6. The fourth-order valence-electron chi connectivity index (χ4n) is 3.55. The lowest BCUT2D eigenvalue weighted by molar-refractivity contribution is -0.896. The van der Waals surface area contributed by atoms with E-state index in [1.807, 2.05) is 41.3 Å². The number of fused-ring (bicyclic) bond motifs is 1. The van der Waals surface area contributed by atoms with Crippen molar-refractivity contribution in [1.82, 2.24) is 10.2 Å². The lowest BCUT2D eigenvalue weighted by Crippen LogP contribution is -3.15. The van der Waals surface area contributed by atoms with Crippen molar-refractivity contribution in [3.05, 3.63) is 48.0 Å². The molecule has 1 aliphatic heterocycles. The number of nitrogens with zero attached hydrogens (tertiary/aromatic N) is 1. The Balaban J connectivity index is 1.49. The van der Waals surface area contributed by atoms with E-state index in [4.69, 9.17) is 9.47 Å². The number of benzene rings is 2. The molecule has 1 fully saturated rings. The van der Waals surface area contributed by atoms with Gasteiger partial charge >= 0.3 is 0 Å². The number of hydrogen-bond acceptors (Lipinski definition) is 4. The Bertz CT molecular complexity index is 904. The molecular weight excluding hydrogens is 382 g/mol. The Morgan fingerprint density at radius 1 is 1.10 bits per heavy atom. The second kappa shape index (κ2) is 10.8. The number of nitrogens with one attached hydrogen (secondary N) is 2. The predicted molar refractivity (Wildman–Crippen MR) is 117 cm³/mol. The van der Waals surface area contributed by atoms with Gasteiger partial charge in [-0.05, 0) is 40.6 Å². The standard InChI is InChI=1S/C23H29N3O4/c1-29-14-9-24-22(27)17-25-10-12-26(13-11-25)23(28)8-4-18-3-5-20-16-21(30-2)7-6-19(20)15-18/h3-8,15-16H,9-14,17H2,1-2H3,(H,24,27)/p+1/b8-4+. The number of ether oxygens (including phenoxy) is 2. The molecule has 30 heavy (non-hydrogen) atoms. The van der Waals surface area contributed by atoms with Gasteiger partial charge < -0.3 is 24.6 Å². The average Bonchev–Trinajstić information content (AvgIpc) is 2.77. The largest absolute Gasteiger partial charge is 0.497 e. The van der Waals surface area contributed by atoms with E-state index in [-0.39, 0.29) is 11.8 Å². The van der Waals surface area contributed by atoms with Crippen LogP contribution in [0.1, 0.15) is 5.56 Å². The number of amides is 2. The van der Waals surface area contributed by atoms with E-state index in [0.717, 1.165) is 35.2 Å². The fraction of sp³-hybridized carbons (Fsp3) is 0.391. The highest BCUT2D eigenvalue weighted by Gasteiger charge is 2.23. The first-order valence-corrected chi connectivity index (χ1v) is 10.2. The van der Waals surface area contributed by atoms with Gasteiger partial charge in [-0.25, -0.2) is 0 Å². The van der Waals surface area contributed by atoms with Crippen molar-refractivity contribution in [3.63, 3.8) is 0 Å². The maximum Gasteiger partial charge on any atom is 0.275 e. The number of rotatable bonds is 8. The molecule has 0 unspecified atom stereocenters. The molecule has 0 radical (unpaired) electrons. The quantitative estimate of drug-likeness (QED) is 0.485. The van der Waals surface area contributed by atoms with Crippen molar-refractivity contribution in [3.8, 4) is 5.75 Å².